The van der Waals surface area contributed by atoms with Crippen molar-refractivity contribution in [3.8, 4) is 0 Å². The summed E-state index contributed by atoms with van der Waals surface area (Å²) in [7, 11) is 0. The molecule has 5 heteroatoms. The molecule has 0 saturated carbocycles. The average molecular weight is 366 g/mol. The fourth-order valence-electron chi connectivity index (χ4n) is 3.55. The van der Waals surface area contributed by atoms with Crippen LogP contribution in [0.5, 0.6) is 0 Å². The van der Waals surface area contributed by atoms with Crippen LogP contribution in [0.15, 0.2) is 36.4 Å². The van der Waals surface area contributed by atoms with Gasteiger partial charge in [-0.15, -0.1) is 11.3 Å². The zero-order valence-corrected chi connectivity index (χ0v) is 15.6. The number of nitrogens with one attached hydrogen (secondary N) is 1. The van der Waals surface area contributed by atoms with Crippen molar-refractivity contribution in [2.45, 2.75) is 38.5 Å². The first kappa shape index (κ1) is 17.0. The fraction of sp³-hybridized carbons (Fsp3) is 0.333. The number of hydrogen-bond donors (Lipinski definition) is 2. The lowest BCUT2D eigenvalue weighted by Crippen LogP contribution is -2.25. The van der Waals surface area contributed by atoms with Gasteiger partial charge in [0.05, 0.1) is 5.69 Å². The summed E-state index contributed by atoms with van der Waals surface area (Å²) in [5.74, 6) is -0.100. The predicted molar refractivity (Wildman–Crippen MR) is 108 cm³/mol. The number of anilines is 1. The number of carbonyl (C=O) groups is 1. The van der Waals surface area contributed by atoms with Crippen LogP contribution in [-0.2, 0) is 19.3 Å². The number of aromatic nitrogens is 1. The smallest absolute Gasteiger partial charge is 0.263 e. The summed E-state index contributed by atoms with van der Waals surface area (Å²) < 4.78 is 0. The van der Waals surface area contributed by atoms with E-state index in [4.69, 9.17) is 10.7 Å². The van der Waals surface area contributed by atoms with Gasteiger partial charge in [0.2, 0.25) is 0 Å². The van der Waals surface area contributed by atoms with Crippen LogP contribution in [0, 0.1) is 0 Å². The number of pyridine rings is 1. The van der Waals surface area contributed by atoms with Crippen LogP contribution >= 0.6 is 11.3 Å². The Kier molecular flexibility index (Phi) is 4.89. The highest BCUT2D eigenvalue weighted by molar-refractivity contribution is 7.21. The summed E-state index contributed by atoms with van der Waals surface area (Å²) in [6.45, 7) is 0.598. The van der Waals surface area contributed by atoms with Crippen molar-refractivity contribution in [2.24, 2.45) is 0 Å². The minimum absolute atomic E-state index is 0.100. The molecular weight excluding hydrogens is 342 g/mol. The van der Waals surface area contributed by atoms with Gasteiger partial charge in [0.15, 0.2) is 0 Å². The summed E-state index contributed by atoms with van der Waals surface area (Å²) in [5, 5.41) is 3.93. The van der Waals surface area contributed by atoms with Crippen molar-refractivity contribution in [3.63, 3.8) is 0 Å². The monoisotopic (exact) mass is 365 g/mol. The predicted octanol–water partition coefficient (Wildman–Crippen LogP) is 4.12. The summed E-state index contributed by atoms with van der Waals surface area (Å²) in [4.78, 5) is 18.9. The molecule has 0 radical (unpaired) electrons. The van der Waals surface area contributed by atoms with Crippen LogP contribution in [0.4, 0.5) is 5.69 Å². The molecule has 3 N–H and O–H groups in total. The highest BCUT2D eigenvalue weighted by Gasteiger charge is 2.19. The van der Waals surface area contributed by atoms with Crippen molar-refractivity contribution in [1.29, 1.82) is 0 Å². The van der Waals surface area contributed by atoms with Crippen LogP contribution < -0.4 is 11.1 Å². The second kappa shape index (κ2) is 7.46. The molecule has 1 aliphatic rings. The third kappa shape index (κ3) is 3.44. The first-order chi connectivity index (χ1) is 12.7. The van der Waals surface area contributed by atoms with E-state index in [1.807, 2.05) is 18.2 Å². The molecule has 1 aromatic carbocycles. The first-order valence-electron chi connectivity index (χ1n) is 9.25. The van der Waals surface area contributed by atoms with Crippen molar-refractivity contribution >= 4 is 33.1 Å². The second-order valence-corrected chi connectivity index (χ2v) is 7.84. The van der Waals surface area contributed by atoms with E-state index >= 15 is 0 Å². The van der Waals surface area contributed by atoms with Gasteiger partial charge in [-0.1, -0.05) is 36.8 Å². The van der Waals surface area contributed by atoms with E-state index in [0.29, 0.717) is 17.1 Å². The molecule has 3 aromatic rings. The minimum atomic E-state index is -0.100. The SMILES string of the molecule is Nc1c(C(=O)NCCc2ccccc2)sc2nc3c(cc12)CCCCC3. The number of amides is 1. The van der Waals surface area contributed by atoms with Gasteiger partial charge in [0.1, 0.15) is 9.71 Å². The lowest BCUT2D eigenvalue weighted by molar-refractivity contribution is 0.0959. The van der Waals surface area contributed by atoms with Gasteiger partial charge in [-0.05, 0) is 49.3 Å². The highest BCUT2D eigenvalue weighted by atomic mass is 32.1. The molecule has 0 unspecified atom stereocenters. The van der Waals surface area contributed by atoms with E-state index in [9.17, 15) is 4.79 Å². The van der Waals surface area contributed by atoms with Crippen LogP contribution in [0.2, 0.25) is 0 Å². The Morgan fingerprint density at radius 3 is 2.81 bits per heavy atom. The molecule has 1 aliphatic carbocycles. The number of nitrogen functional groups attached to an aromatic ring is 1. The number of fused-ring (bicyclic) bond motifs is 2. The average Bonchev–Trinajstić information content (AvgIpc) is 2.82. The highest BCUT2D eigenvalue weighted by Crippen LogP contribution is 2.35. The Bertz CT molecular complexity index is 933. The molecule has 0 saturated heterocycles. The minimum Gasteiger partial charge on any atom is -0.397 e. The third-order valence-corrected chi connectivity index (χ3v) is 6.11. The molecule has 4 rings (SSSR count). The van der Waals surface area contributed by atoms with Crippen LogP contribution in [0.3, 0.4) is 0 Å². The van der Waals surface area contributed by atoms with Gasteiger partial charge >= 0.3 is 0 Å². The quantitative estimate of drug-likeness (QED) is 0.684. The maximum Gasteiger partial charge on any atom is 0.263 e. The van der Waals surface area contributed by atoms with Gasteiger partial charge in [-0.25, -0.2) is 4.98 Å². The van der Waals surface area contributed by atoms with Crippen LogP contribution in [-0.4, -0.2) is 17.4 Å². The Morgan fingerprint density at radius 1 is 1.15 bits per heavy atom. The van der Waals surface area contributed by atoms with E-state index in [-0.39, 0.29) is 5.91 Å². The van der Waals surface area contributed by atoms with Crippen molar-refractivity contribution < 1.29 is 4.79 Å². The molecule has 0 fully saturated rings. The van der Waals surface area contributed by atoms with E-state index < -0.39 is 0 Å². The number of rotatable bonds is 4. The van der Waals surface area contributed by atoms with Crippen molar-refractivity contribution in [3.05, 3.63) is 58.1 Å². The lowest BCUT2D eigenvalue weighted by Gasteiger charge is -2.05. The normalized spacial score (nSPS) is 14.0. The maximum absolute atomic E-state index is 12.6. The lowest BCUT2D eigenvalue weighted by atomic mass is 10.1. The van der Waals surface area contributed by atoms with Gasteiger partial charge in [-0.2, -0.15) is 0 Å². The summed E-state index contributed by atoms with van der Waals surface area (Å²) >= 11 is 1.41. The first-order valence-corrected chi connectivity index (χ1v) is 10.1. The Balaban J connectivity index is 1.52. The molecule has 2 heterocycles. The Hall–Kier alpha value is -2.40. The molecule has 0 spiro atoms. The molecule has 0 aliphatic heterocycles. The Morgan fingerprint density at radius 2 is 1.96 bits per heavy atom. The Labute approximate surface area is 157 Å². The van der Waals surface area contributed by atoms with Crippen LogP contribution in [0.1, 0.15) is 45.8 Å². The molecule has 0 bridgehead atoms. The number of aryl methyl sites for hydroxylation is 2. The molecule has 134 valence electrons. The standard InChI is InChI=1S/C21H23N3OS/c22-18-16-13-15-9-5-2-6-10-17(15)24-21(16)26-19(18)20(25)23-12-11-14-7-3-1-4-8-14/h1,3-4,7-8,13H,2,5-6,9-12,22H2,(H,23,25). The zero-order valence-electron chi connectivity index (χ0n) is 14.8. The maximum atomic E-state index is 12.6. The topological polar surface area (TPSA) is 68.0 Å². The number of benzene rings is 1. The molecule has 2 aromatic heterocycles. The van der Waals surface area contributed by atoms with Crippen LogP contribution in [0.25, 0.3) is 10.2 Å². The molecule has 0 atom stereocenters. The van der Waals surface area contributed by atoms with E-state index in [1.165, 1.54) is 47.4 Å². The molecular formula is C21H23N3OS. The fourth-order valence-corrected chi connectivity index (χ4v) is 4.56. The summed E-state index contributed by atoms with van der Waals surface area (Å²) in [6.07, 6.45) is 6.56. The molecule has 1 amide bonds. The van der Waals surface area contributed by atoms with Crippen molar-refractivity contribution in [2.75, 3.05) is 12.3 Å². The van der Waals surface area contributed by atoms with Gasteiger partial charge in [-0.3, -0.25) is 4.79 Å². The van der Waals surface area contributed by atoms with Crippen molar-refractivity contribution in [1.82, 2.24) is 10.3 Å². The molecule has 26 heavy (non-hydrogen) atoms. The summed E-state index contributed by atoms with van der Waals surface area (Å²) in [5.41, 5.74) is 10.6. The number of hydrogen-bond acceptors (Lipinski definition) is 4. The number of nitrogens with zero attached hydrogens (tertiary/aromatic N) is 1. The van der Waals surface area contributed by atoms with Gasteiger partial charge in [0.25, 0.3) is 5.91 Å². The third-order valence-electron chi connectivity index (χ3n) is 5.00. The van der Waals surface area contributed by atoms with E-state index in [2.05, 4.69) is 23.5 Å². The second-order valence-electron chi connectivity index (χ2n) is 6.84. The number of thiophene rings is 1. The zero-order chi connectivity index (χ0) is 17.9. The molecule has 4 nitrogen and oxygen atoms in total. The summed E-state index contributed by atoms with van der Waals surface area (Å²) in [6, 6.07) is 12.3. The van der Waals surface area contributed by atoms with Gasteiger partial charge in [0, 0.05) is 17.6 Å². The number of nitrogens with two attached hydrogens (primary N) is 1. The largest absolute Gasteiger partial charge is 0.397 e. The number of carbonyl (C=O) groups excluding carboxylic acids is 1. The van der Waals surface area contributed by atoms with E-state index in [1.54, 1.807) is 0 Å². The van der Waals surface area contributed by atoms with Gasteiger partial charge < -0.3 is 11.1 Å². The van der Waals surface area contributed by atoms with E-state index in [0.717, 1.165) is 29.5 Å².